The molecule has 1 aliphatic heterocycles. The minimum atomic E-state index is -0.816. The fourth-order valence-corrected chi connectivity index (χ4v) is 3.54. The third-order valence-corrected chi connectivity index (χ3v) is 4.26. The predicted octanol–water partition coefficient (Wildman–Crippen LogP) is 3.50. The summed E-state index contributed by atoms with van der Waals surface area (Å²) in [7, 11) is 0. The molecule has 6 nitrogen and oxygen atoms in total. The Balaban J connectivity index is 2.56. The molecule has 124 valence electrons. The van der Waals surface area contributed by atoms with Crippen molar-refractivity contribution in [2.45, 2.75) is 32.9 Å². The first-order valence-electron chi connectivity index (χ1n) is 6.88. The summed E-state index contributed by atoms with van der Waals surface area (Å²) in [4.78, 5) is 24.2. The van der Waals surface area contributed by atoms with Crippen LogP contribution in [-0.2, 0) is 9.53 Å². The summed E-state index contributed by atoms with van der Waals surface area (Å²) in [6, 6.07) is 2.05. The van der Waals surface area contributed by atoms with E-state index in [-0.39, 0.29) is 17.4 Å². The Morgan fingerprint density at radius 1 is 1.35 bits per heavy atom. The van der Waals surface area contributed by atoms with Crippen molar-refractivity contribution in [3.8, 4) is 5.75 Å². The summed E-state index contributed by atoms with van der Waals surface area (Å²) < 4.78 is 6.40. The second-order valence-corrected chi connectivity index (χ2v) is 7.12. The lowest BCUT2D eigenvalue weighted by molar-refractivity contribution is -0.143. The van der Waals surface area contributed by atoms with Gasteiger partial charge in [0.25, 0.3) is 0 Å². The van der Waals surface area contributed by atoms with E-state index >= 15 is 0 Å². The van der Waals surface area contributed by atoms with Gasteiger partial charge in [0.2, 0.25) is 0 Å². The van der Waals surface area contributed by atoms with Crippen LogP contribution in [0, 0.1) is 0 Å². The van der Waals surface area contributed by atoms with E-state index in [1.54, 1.807) is 32.9 Å². The number of hydrogen-bond acceptors (Lipinski definition) is 4. The number of nitrogens with one attached hydrogen (secondary N) is 2. The molecule has 3 N–H and O–H groups in total. The van der Waals surface area contributed by atoms with E-state index in [4.69, 9.17) is 4.74 Å². The number of rotatable bonds is 3. The van der Waals surface area contributed by atoms with E-state index in [0.717, 1.165) is 0 Å². The van der Waals surface area contributed by atoms with Gasteiger partial charge >= 0.3 is 12.0 Å². The second kappa shape index (κ2) is 6.92. The maximum atomic E-state index is 12.4. The first-order valence-corrected chi connectivity index (χ1v) is 8.46. The first kappa shape index (κ1) is 17.8. The molecule has 8 heteroatoms. The van der Waals surface area contributed by atoms with Gasteiger partial charge in [0.15, 0.2) is 0 Å². The molecular weight excluding hydrogens is 432 g/mol. The van der Waals surface area contributed by atoms with Gasteiger partial charge in [-0.15, -0.1) is 0 Å². The maximum Gasteiger partial charge on any atom is 0.338 e. The van der Waals surface area contributed by atoms with E-state index in [0.29, 0.717) is 20.2 Å². The molecule has 1 aliphatic rings. The summed E-state index contributed by atoms with van der Waals surface area (Å²) in [6.45, 7) is 5.10. The van der Waals surface area contributed by atoms with E-state index in [1.807, 2.05) is 0 Å². The molecule has 0 spiro atoms. The molecule has 0 saturated carbocycles. The van der Waals surface area contributed by atoms with Crippen molar-refractivity contribution in [2.75, 3.05) is 0 Å². The zero-order valence-corrected chi connectivity index (χ0v) is 15.9. The van der Waals surface area contributed by atoms with Crippen molar-refractivity contribution < 1.29 is 19.4 Å². The molecule has 0 aliphatic carbocycles. The number of amides is 2. The Morgan fingerprint density at radius 3 is 2.61 bits per heavy atom. The Bertz CT molecular complexity index is 701. The molecule has 2 rings (SSSR count). The van der Waals surface area contributed by atoms with Crippen LogP contribution in [0.1, 0.15) is 32.4 Å². The number of ether oxygens (including phenoxy) is 1. The topological polar surface area (TPSA) is 87.7 Å². The van der Waals surface area contributed by atoms with Gasteiger partial charge in [0.1, 0.15) is 5.75 Å². The lowest BCUT2D eigenvalue weighted by Crippen LogP contribution is -2.45. The quantitative estimate of drug-likeness (QED) is 0.619. The van der Waals surface area contributed by atoms with Crippen molar-refractivity contribution in [1.82, 2.24) is 10.6 Å². The minimum absolute atomic E-state index is 0.0527. The molecular formula is C15H16Br2N2O4. The number of hydrogen-bond donors (Lipinski definition) is 3. The van der Waals surface area contributed by atoms with Crippen LogP contribution < -0.4 is 10.6 Å². The van der Waals surface area contributed by atoms with Crippen LogP contribution in [0.15, 0.2) is 32.3 Å². The summed E-state index contributed by atoms with van der Waals surface area (Å²) in [5, 5.41) is 15.5. The van der Waals surface area contributed by atoms with Crippen LogP contribution >= 0.6 is 31.9 Å². The van der Waals surface area contributed by atoms with Gasteiger partial charge in [0.05, 0.1) is 22.2 Å². The Labute approximate surface area is 150 Å². The number of allylic oxidation sites excluding steroid dienone is 1. The first-order chi connectivity index (χ1) is 10.7. The van der Waals surface area contributed by atoms with Gasteiger partial charge in [-0.3, -0.25) is 0 Å². The number of carbonyl (C=O) groups is 2. The molecule has 1 aromatic carbocycles. The Hall–Kier alpha value is -1.54. The molecule has 1 aromatic rings. The molecule has 0 saturated heterocycles. The number of phenolic OH excluding ortho intramolecular Hbond substituents is 1. The highest BCUT2D eigenvalue weighted by atomic mass is 79.9. The van der Waals surface area contributed by atoms with Crippen LogP contribution in [0.2, 0.25) is 0 Å². The maximum absolute atomic E-state index is 12.4. The molecule has 1 unspecified atom stereocenters. The van der Waals surface area contributed by atoms with Gasteiger partial charge in [0, 0.05) is 15.7 Å². The van der Waals surface area contributed by atoms with Gasteiger partial charge in [-0.05, 0) is 48.8 Å². The smallest absolute Gasteiger partial charge is 0.338 e. The number of urea groups is 1. The van der Waals surface area contributed by atoms with E-state index < -0.39 is 18.0 Å². The van der Waals surface area contributed by atoms with Crippen molar-refractivity contribution in [3.05, 3.63) is 37.9 Å². The number of esters is 1. The monoisotopic (exact) mass is 446 g/mol. The highest BCUT2D eigenvalue weighted by Gasteiger charge is 2.34. The zero-order valence-electron chi connectivity index (χ0n) is 12.7. The fourth-order valence-electron chi connectivity index (χ4n) is 2.28. The zero-order chi connectivity index (χ0) is 17.3. The van der Waals surface area contributed by atoms with E-state index in [1.165, 1.54) is 0 Å². The molecule has 0 radical (unpaired) electrons. The summed E-state index contributed by atoms with van der Waals surface area (Å²) >= 11 is 6.59. The van der Waals surface area contributed by atoms with Crippen molar-refractivity contribution in [2.24, 2.45) is 0 Å². The summed E-state index contributed by atoms with van der Waals surface area (Å²) in [6.07, 6.45) is -0.302. The number of phenols is 1. The SMILES string of the molecule is CC1=C(C(=O)OC(C)C)C(c2cc(Br)cc(Br)c2O)NC(=O)N1. The van der Waals surface area contributed by atoms with Gasteiger partial charge in [-0.1, -0.05) is 15.9 Å². The average molecular weight is 448 g/mol. The Kier molecular flexibility index (Phi) is 5.36. The molecule has 23 heavy (non-hydrogen) atoms. The largest absolute Gasteiger partial charge is 0.506 e. The van der Waals surface area contributed by atoms with Crippen molar-refractivity contribution >= 4 is 43.9 Å². The van der Waals surface area contributed by atoms with Gasteiger partial charge in [-0.2, -0.15) is 0 Å². The van der Waals surface area contributed by atoms with Crippen LogP contribution in [-0.4, -0.2) is 23.2 Å². The van der Waals surface area contributed by atoms with Crippen LogP contribution in [0.5, 0.6) is 5.75 Å². The van der Waals surface area contributed by atoms with Crippen LogP contribution in [0.25, 0.3) is 0 Å². The lowest BCUT2D eigenvalue weighted by atomic mass is 9.95. The molecule has 0 fully saturated rings. The second-order valence-electron chi connectivity index (χ2n) is 5.35. The number of carbonyl (C=O) groups excluding carboxylic acids is 2. The summed E-state index contributed by atoms with van der Waals surface area (Å²) in [5.41, 5.74) is 1.02. The highest BCUT2D eigenvalue weighted by molar-refractivity contribution is 9.11. The molecule has 1 heterocycles. The van der Waals surface area contributed by atoms with Crippen LogP contribution in [0.4, 0.5) is 4.79 Å². The van der Waals surface area contributed by atoms with Gasteiger partial charge in [-0.25, -0.2) is 9.59 Å². The number of halogens is 2. The highest BCUT2D eigenvalue weighted by Crippen LogP contribution is 2.39. The molecule has 1 atom stereocenters. The molecule has 0 aromatic heterocycles. The number of benzene rings is 1. The van der Waals surface area contributed by atoms with Crippen molar-refractivity contribution in [3.63, 3.8) is 0 Å². The molecule has 0 bridgehead atoms. The third-order valence-electron chi connectivity index (χ3n) is 3.20. The van der Waals surface area contributed by atoms with Crippen molar-refractivity contribution in [1.29, 1.82) is 0 Å². The Morgan fingerprint density at radius 2 is 2.00 bits per heavy atom. The minimum Gasteiger partial charge on any atom is -0.506 e. The summed E-state index contributed by atoms with van der Waals surface area (Å²) in [5.74, 6) is -0.603. The van der Waals surface area contributed by atoms with Crippen LogP contribution in [0.3, 0.4) is 0 Å². The third kappa shape index (κ3) is 3.87. The van der Waals surface area contributed by atoms with E-state index in [9.17, 15) is 14.7 Å². The standard InChI is InChI=1S/C15H16Br2N2O4/c1-6(2)23-14(21)11-7(3)18-15(22)19-12(11)9-4-8(16)5-10(17)13(9)20/h4-6,12,20H,1-3H3,(H2,18,19,22). The predicted molar refractivity (Wildman–Crippen MR) is 91.8 cm³/mol. The normalized spacial score (nSPS) is 17.8. The molecule has 2 amide bonds. The number of aromatic hydroxyl groups is 1. The van der Waals surface area contributed by atoms with Gasteiger partial charge < -0.3 is 20.5 Å². The average Bonchev–Trinajstić information content (AvgIpc) is 2.40. The van der Waals surface area contributed by atoms with E-state index in [2.05, 4.69) is 42.5 Å². The fraction of sp³-hybridized carbons (Fsp3) is 0.333. The lowest BCUT2D eigenvalue weighted by Gasteiger charge is -2.29.